The van der Waals surface area contributed by atoms with Gasteiger partial charge in [-0.05, 0) is 24.6 Å². The third-order valence-corrected chi connectivity index (χ3v) is 6.88. The molecular formula is C27H23ClFN5O4. The summed E-state index contributed by atoms with van der Waals surface area (Å²) < 4.78 is 16.7. The molecule has 0 radical (unpaired) electrons. The smallest absolute Gasteiger partial charge is 0.269 e. The van der Waals surface area contributed by atoms with Crippen molar-refractivity contribution in [1.29, 1.82) is 0 Å². The number of aromatic nitrogens is 2. The van der Waals surface area contributed by atoms with Crippen LogP contribution in [0.4, 0.5) is 10.1 Å². The zero-order valence-electron chi connectivity index (χ0n) is 20.0. The molecule has 5 rings (SSSR count). The van der Waals surface area contributed by atoms with E-state index in [2.05, 4.69) is 10.4 Å². The third kappa shape index (κ3) is 4.59. The maximum absolute atomic E-state index is 15.4. The molecule has 1 aromatic heterocycles. The van der Waals surface area contributed by atoms with Gasteiger partial charge in [-0.3, -0.25) is 19.1 Å². The van der Waals surface area contributed by atoms with Crippen LogP contribution in [-0.2, 0) is 16.1 Å². The monoisotopic (exact) mass is 535 g/mol. The number of anilines is 1. The molecule has 1 saturated heterocycles. The fourth-order valence-electron chi connectivity index (χ4n) is 4.74. The van der Waals surface area contributed by atoms with E-state index in [-0.39, 0.29) is 36.5 Å². The summed E-state index contributed by atoms with van der Waals surface area (Å²) in [6.45, 7) is -0.178. The zero-order valence-corrected chi connectivity index (χ0v) is 20.7. The lowest BCUT2D eigenvalue weighted by Crippen LogP contribution is -2.48. The van der Waals surface area contributed by atoms with Gasteiger partial charge in [0.05, 0.1) is 17.3 Å². The van der Waals surface area contributed by atoms with Crippen LogP contribution in [-0.4, -0.2) is 56.2 Å². The highest BCUT2D eigenvalue weighted by molar-refractivity contribution is 6.33. The Balaban J connectivity index is 1.38. The molecule has 0 aliphatic carbocycles. The molecule has 9 nitrogen and oxygen atoms in total. The van der Waals surface area contributed by atoms with Gasteiger partial charge in [-0.15, -0.1) is 0 Å². The molecule has 3 aromatic carbocycles. The van der Waals surface area contributed by atoms with Crippen LogP contribution in [0.2, 0.25) is 5.02 Å². The molecule has 0 spiro atoms. The van der Waals surface area contributed by atoms with Gasteiger partial charge in [-0.25, -0.2) is 4.39 Å². The SMILES string of the molecule is NC(=O)c1nn(CC(=O)N2CC[C@@H](O)[C@H]2C(=O)Nc2cccc(-c3ccccc3Cl)c2F)c2ccccc12. The minimum absolute atomic E-state index is 0.0260. The maximum atomic E-state index is 15.4. The molecule has 194 valence electrons. The minimum atomic E-state index is -1.25. The van der Waals surface area contributed by atoms with E-state index in [1.54, 1.807) is 60.7 Å². The third-order valence-electron chi connectivity index (χ3n) is 6.55. The minimum Gasteiger partial charge on any atom is -0.390 e. The lowest BCUT2D eigenvalue weighted by Gasteiger charge is -2.26. The Hall–Kier alpha value is -4.28. The number of nitrogens with two attached hydrogens (primary N) is 1. The molecular weight excluding hydrogens is 513 g/mol. The number of hydrogen-bond acceptors (Lipinski definition) is 5. The van der Waals surface area contributed by atoms with Gasteiger partial charge in [-0.2, -0.15) is 5.10 Å². The highest BCUT2D eigenvalue weighted by atomic mass is 35.5. The molecule has 0 bridgehead atoms. The summed E-state index contributed by atoms with van der Waals surface area (Å²) in [5.41, 5.74) is 6.53. The van der Waals surface area contributed by atoms with Crippen molar-refractivity contribution < 1.29 is 23.9 Å². The second-order valence-electron chi connectivity index (χ2n) is 8.91. The Morgan fingerprint density at radius 1 is 1.05 bits per heavy atom. The molecule has 1 aliphatic heterocycles. The predicted octanol–water partition coefficient (Wildman–Crippen LogP) is 3.20. The molecule has 4 aromatic rings. The first kappa shape index (κ1) is 25.4. The number of aliphatic hydroxyl groups is 1. The summed E-state index contributed by atoms with van der Waals surface area (Å²) in [5.74, 6) is -2.67. The van der Waals surface area contributed by atoms with Gasteiger partial charge in [0.15, 0.2) is 11.5 Å². The Bertz CT molecular complexity index is 1570. The molecule has 3 amide bonds. The van der Waals surface area contributed by atoms with Crippen LogP contribution in [0.15, 0.2) is 66.7 Å². The Kier molecular flexibility index (Phi) is 6.83. The van der Waals surface area contributed by atoms with Crippen LogP contribution in [0, 0.1) is 5.82 Å². The van der Waals surface area contributed by atoms with Gasteiger partial charge in [0.25, 0.3) is 5.91 Å². The van der Waals surface area contributed by atoms with Crippen molar-refractivity contribution in [2.24, 2.45) is 5.73 Å². The van der Waals surface area contributed by atoms with Gasteiger partial charge in [-0.1, -0.05) is 60.1 Å². The maximum Gasteiger partial charge on any atom is 0.269 e. The largest absolute Gasteiger partial charge is 0.390 e. The van der Waals surface area contributed by atoms with E-state index in [0.29, 0.717) is 21.5 Å². The van der Waals surface area contributed by atoms with Crippen LogP contribution in [0.25, 0.3) is 22.0 Å². The van der Waals surface area contributed by atoms with E-state index in [9.17, 15) is 19.5 Å². The second kappa shape index (κ2) is 10.2. The number of halogens is 2. The average molecular weight is 536 g/mol. The van der Waals surface area contributed by atoms with Crippen molar-refractivity contribution >= 4 is 45.9 Å². The fourth-order valence-corrected chi connectivity index (χ4v) is 4.98. The van der Waals surface area contributed by atoms with E-state index in [1.807, 2.05) is 0 Å². The number of fused-ring (bicyclic) bond motifs is 1. The van der Waals surface area contributed by atoms with Crippen LogP contribution < -0.4 is 11.1 Å². The van der Waals surface area contributed by atoms with E-state index in [1.165, 1.54) is 15.6 Å². The van der Waals surface area contributed by atoms with Gasteiger partial charge >= 0.3 is 0 Å². The van der Waals surface area contributed by atoms with Gasteiger partial charge in [0, 0.05) is 28.1 Å². The molecule has 1 fully saturated rings. The van der Waals surface area contributed by atoms with E-state index in [0.717, 1.165) is 0 Å². The predicted molar refractivity (Wildman–Crippen MR) is 140 cm³/mol. The van der Waals surface area contributed by atoms with Crippen LogP contribution >= 0.6 is 11.6 Å². The van der Waals surface area contributed by atoms with Crippen molar-refractivity contribution in [3.05, 3.63) is 83.3 Å². The number of primary amides is 1. The van der Waals surface area contributed by atoms with Crippen molar-refractivity contribution in [2.45, 2.75) is 25.1 Å². The Morgan fingerprint density at radius 3 is 2.53 bits per heavy atom. The Labute approximate surface area is 221 Å². The first-order valence-electron chi connectivity index (χ1n) is 11.8. The number of hydrogen-bond donors (Lipinski definition) is 3. The van der Waals surface area contributed by atoms with E-state index >= 15 is 4.39 Å². The van der Waals surface area contributed by atoms with Crippen molar-refractivity contribution in [2.75, 3.05) is 11.9 Å². The molecule has 0 saturated carbocycles. The van der Waals surface area contributed by atoms with E-state index in [4.69, 9.17) is 17.3 Å². The number of nitrogens with zero attached hydrogens (tertiary/aromatic N) is 3. The zero-order chi connectivity index (χ0) is 27.0. The highest BCUT2D eigenvalue weighted by Gasteiger charge is 2.41. The highest BCUT2D eigenvalue weighted by Crippen LogP contribution is 2.33. The number of amides is 3. The topological polar surface area (TPSA) is 131 Å². The Morgan fingerprint density at radius 2 is 1.76 bits per heavy atom. The molecule has 0 unspecified atom stereocenters. The number of nitrogens with one attached hydrogen (secondary N) is 1. The molecule has 11 heteroatoms. The van der Waals surface area contributed by atoms with Crippen molar-refractivity contribution in [3.8, 4) is 11.1 Å². The number of carbonyl (C=O) groups excluding carboxylic acids is 3. The summed E-state index contributed by atoms with van der Waals surface area (Å²) in [7, 11) is 0. The molecule has 2 heterocycles. The number of para-hydroxylation sites is 1. The number of aliphatic hydroxyl groups excluding tert-OH is 1. The molecule has 2 atom stereocenters. The number of benzene rings is 3. The van der Waals surface area contributed by atoms with Gasteiger partial charge < -0.3 is 21.1 Å². The fraction of sp³-hybridized carbons (Fsp3) is 0.185. The molecule has 1 aliphatic rings. The summed E-state index contributed by atoms with van der Waals surface area (Å²) in [4.78, 5) is 39.5. The molecule has 4 N–H and O–H groups in total. The second-order valence-corrected chi connectivity index (χ2v) is 9.32. The summed E-state index contributed by atoms with van der Waals surface area (Å²) >= 11 is 6.22. The van der Waals surface area contributed by atoms with Crippen LogP contribution in [0.3, 0.4) is 0 Å². The first-order chi connectivity index (χ1) is 18.3. The van der Waals surface area contributed by atoms with Crippen LogP contribution in [0.5, 0.6) is 0 Å². The van der Waals surface area contributed by atoms with Crippen molar-refractivity contribution in [1.82, 2.24) is 14.7 Å². The average Bonchev–Trinajstić information content (AvgIpc) is 3.47. The first-order valence-corrected chi connectivity index (χ1v) is 12.2. The van der Waals surface area contributed by atoms with Crippen molar-refractivity contribution in [3.63, 3.8) is 0 Å². The normalized spacial score (nSPS) is 17.1. The van der Waals surface area contributed by atoms with E-state index < -0.39 is 35.7 Å². The summed E-state index contributed by atoms with van der Waals surface area (Å²) in [5, 5.41) is 18.1. The number of carbonyl (C=O) groups is 3. The molecule has 38 heavy (non-hydrogen) atoms. The summed E-state index contributed by atoms with van der Waals surface area (Å²) in [6.07, 6.45) is -0.984. The number of rotatable bonds is 6. The number of likely N-dealkylation sites (tertiary alicyclic amines) is 1. The quantitative estimate of drug-likeness (QED) is 0.349. The van der Waals surface area contributed by atoms with Crippen LogP contribution in [0.1, 0.15) is 16.9 Å². The van der Waals surface area contributed by atoms with Gasteiger partial charge in [0.2, 0.25) is 11.8 Å². The standard InChI is InChI=1S/C27H23ClFN5O4/c28-18-9-3-1-6-15(18)16-8-5-10-19(23(16)29)31-27(38)25-21(35)12-13-33(25)22(36)14-34-20-11-4-2-7-17(20)24(32-34)26(30)37/h1-11,21,25,35H,12-14H2,(H2,30,37)(H,31,38)/t21-,25+/m1/s1. The lowest BCUT2D eigenvalue weighted by molar-refractivity contribution is -0.139. The summed E-state index contributed by atoms with van der Waals surface area (Å²) in [6, 6.07) is 16.8. The lowest BCUT2D eigenvalue weighted by atomic mass is 10.0. The van der Waals surface area contributed by atoms with Gasteiger partial charge in [0.1, 0.15) is 12.6 Å².